The van der Waals surface area contributed by atoms with Crippen molar-refractivity contribution in [1.82, 2.24) is 0 Å². The predicted molar refractivity (Wildman–Crippen MR) is 130 cm³/mol. The van der Waals surface area contributed by atoms with Crippen molar-refractivity contribution < 1.29 is 25.2 Å². The Morgan fingerprint density at radius 2 is 0.697 bits per heavy atom. The van der Waals surface area contributed by atoms with E-state index in [0.29, 0.717) is 22.6 Å². The molecule has 4 N–H and O–H groups in total. The fourth-order valence-electron chi connectivity index (χ4n) is 3.24. The Bertz CT molecular complexity index is 1160. The van der Waals surface area contributed by atoms with Gasteiger partial charge in [0.2, 0.25) is 0 Å². The van der Waals surface area contributed by atoms with Gasteiger partial charge in [0, 0.05) is 12.1 Å². The lowest BCUT2D eigenvalue weighted by molar-refractivity contribution is 0.449. The largest absolute Gasteiger partial charge is 0.508 e. The first-order valence-electron chi connectivity index (χ1n) is 10.2. The quantitative estimate of drug-likeness (QED) is 0.253. The zero-order chi connectivity index (χ0) is 23.2. The van der Waals surface area contributed by atoms with Crippen LogP contribution >= 0.6 is 0 Å². The van der Waals surface area contributed by atoms with Gasteiger partial charge >= 0.3 is 0 Å². The molecule has 4 aromatic carbocycles. The fourth-order valence-corrected chi connectivity index (χ4v) is 3.24. The molecule has 0 heterocycles. The molecule has 0 atom stereocenters. The van der Waals surface area contributed by atoms with E-state index in [0.717, 1.165) is 11.1 Å². The van der Waals surface area contributed by atoms with E-state index in [9.17, 15) is 20.4 Å². The van der Waals surface area contributed by atoms with E-state index in [1.54, 1.807) is 36.4 Å². The van der Waals surface area contributed by atoms with Crippen molar-refractivity contribution in [3.05, 3.63) is 107 Å². The summed E-state index contributed by atoms with van der Waals surface area (Å²) in [6, 6.07) is 24.0. The first-order valence-corrected chi connectivity index (χ1v) is 10.2. The monoisotopic (exact) mass is 438 g/mol. The molecule has 0 saturated heterocycles. The van der Waals surface area contributed by atoms with Crippen LogP contribution < -0.4 is 4.74 Å². The van der Waals surface area contributed by atoms with Crippen LogP contribution in [-0.2, 0) is 0 Å². The fraction of sp³-hybridized carbons (Fsp3) is 0. The van der Waals surface area contributed by atoms with Gasteiger partial charge in [0.15, 0.2) is 0 Å². The Morgan fingerprint density at radius 1 is 0.394 bits per heavy atom. The highest BCUT2D eigenvalue weighted by Crippen LogP contribution is 2.26. The van der Waals surface area contributed by atoms with E-state index in [4.69, 9.17) is 4.74 Å². The third-order valence-electron chi connectivity index (χ3n) is 4.78. The molecule has 0 saturated carbocycles. The van der Waals surface area contributed by atoms with E-state index in [1.807, 2.05) is 60.7 Å². The minimum atomic E-state index is 0.0126. The molecule has 0 bridgehead atoms. The Hall–Kier alpha value is -4.64. The van der Waals surface area contributed by atoms with Crippen molar-refractivity contribution in [3.8, 4) is 34.5 Å². The molecule has 0 spiro atoms. The summed E-state index contributed by atoms with van der Waals surface area (Å²) in [6.45, 7) is 0. The second-order valence-electron chi connectivity index (χ2n) is 7.47. The van der Waals surface area contributed by atoms with Gasteiger partial charge in [0.05, 0.1) is 0 Å². The molecule has 0 aliphatic rings. The summed E-state index contributed by atoms with van der Waals surface area (Å²) in [5, 5.41) is 38.2. The molecule has 0 fully saturated rings. The topological polar surface area (TPSA) is 90.2 Å². The Balaban J connectivity index is 1.38. The Morgan fingerprint density at radius 3 is 1.03 bits per heavy atom. The van der Waals surface area contributed by atoms with Crippen molar-refractivity contribution in [2.75, 3.05) is 0 Å². The highest BCUT2D eigenvalue weighted by atomic mass is 16.5. The van der Waals surface area contributed by atoms with E-state index >= 15 is 0 Å². The van der Waals surface area contributed by atoms with Gasteiger partial charge in [-0.2, -0.15) is 0 Å². The van der Waals surface area contributed by atoms with Gasteiger partial charge in [-0.05, 0) is 70.8 Å². The van der Waals surface area contributed by atoms with Crippen LogP contribution in [0.25, 0.3) is 24.3 Å². The van der Waals surface area contributed by atoms with Gasteiger partial charge in [-0.3, -0.25) is 0 Å². The smallest absolute Gasteiger partial charge is 0.127 e. The molecule has 0 amide bonds. The molecular weight excluding hydrogens is 416 g/mol. The maximum absolute atomic E-state index is 9.55. The average Bonchev–Trinajstić information content (AvgIpc) is 2.77. The average molecular weight is 438 g/mol. The summed E-state index contributed by atoms with van der Waals surface area (Å²) < 4.78 is 5.90. The molecule has 0 aromatic heterocycles. The maximum atomic E-state index is 9.55. The summed E-state index contributed by atoms with van der Waals surface area (Å²) in [6.07, 6.45) is 7.37. The van der Waals surface area contributed by atoms with Gasteiger partial charge < -0.3 is 25.2 Å². The minimum Gasteiger partial charge on any atom is -0.508 e. The first kappa shape index (κ1) is 21.6. The van der Waals surface area contributed by atoms with E-state index in [1.165, 1.54) is 12.1 Å². The van der Waals surface area contributed by atoms with Crippen molar-refractivity contribution >= 4 is 24.3 Å². The van der Waals surface area contributed by atoms with Gasteiger partial charge in [-0.25, -0.2) is 0 Å². The number of benzene rings is 4. The second kappa shape index (κ2) is 9.66. The number of ether oxygens (including phenoxy) is 1. The number of hydrogen-bond acceptors (Lipinski definition) is 5. The number of phenolic OH excluding ortho intramolecular Hbond substituents is 4. The molecule has 5 nitrogen and oxygen atoms in total. The van der Waals surface area contributed by atoms with Gasteiger partial charge in [-0.1, -0.05) is 48.6 Å². The molecule has 0 unspecified atom stereocenters. The van der Waals surface area contributed by atoms with Crippen LogP contribution in [0.1, 0.15) is 22.3 Å². The molecule has 164 valence electrons. The highest BCUT2D eigenvalue weighted by Gasteiger charge is 2.00. The number of phenols is 4. The molecule has 0 aliphatic heterocycles. The Labute approximate surface area is 191 Å². The molecular formula is C28H22O5. The summed E-state index contributed by atoms with van der Waals surface area (Å²) >= 11 is 0. The second-order valence-corrected chi connectivity index (χ2v) is 7.47. The van der Waals surface area contributed by atoms with Gasteiger partial charge in [0.25, 0.3) is 0 Å². The minimum absolute atomic E-state index is 0.0126. The van der Waals surface area contributed by atoms with Crippen LogP contribution in [-0.4, -0.2) is 20.4 Å². The highest BCUT2D eigenvalue weighted by molar-refractivity contribution is 5.72. The van der Waals surface area contributed by atoms with Crippen molar-refractivity contribution in [2.45, 2.75) is 0 Å². The molecule has 4 aromatic rings. The van der Waals surface area contributed by atoms with Crippen LogP contribution in [0.4, 0.5) is 0 Å². The zero-order valence-electron chi connectivity index (χ0n) is 17.6. The van der Waals surface area contributed by atoms with Crippen LogP contribution in [0, 0.1) is 0 Å². The van der Waals surface area contributed by atoms with Crippen molar-refractivity contribution in [3.63, 3.8) is 0 Å². The maximum Gasteiger partial charge on any atom is 0.127 e. The lowest BCUT2D eigenvalue weighted by Crippen LogP contribution is -1.84. The molecule has 5 heteroatoms. The van der Waals surface area contributed by atoms with Crippen molar-refractivity contribution in [1.29, 1.82) is 0 Å². The van der Waals surface area contributed by atoms with Gasteiger partial charge in [0.1, 0.15) is 34.5 Å². The van der Waals surface area contributed by atoms with Gasteiger partial charge in [-0.15, -0.1) is 0 Å². The lowest BCUT2D eigenvalue weighted by atomic mass is 10.1. The van der Waals surface area contributed by atoms with Crippen LogP contribution in [0.5, 0.6) is 34.5 Å². The normalized spacial score (nSPS) is 11.3. The Kier molecular flexibility index (Phi) is 6.32. The summed E-state index contributed by atoms with van der Waals surface area (Å²) in [5.41, 5.74) is 3.29. The van der Waals surface area contributed by atoms with E-state index in [-0.39, 0.29) is 23.0 Å². The third-order valence-corrected chi connectivity index (χ3v) is 4.78. The zero-order valence-corrected chi connectivity index (χ0v) is 17.6. The molecule has 4 rings (SSSR count). The number of aromatic hydroxyl groups is 4. The molecule has 33 heavy (non-hydrogen) atoms. The third kappa shape index (κ3) is 6.18. The predicted octanol–water partition coefficient (Wildman–Crippen LogP) is 6.64. The summed E-state index contributed by atoms with van der Waals surface area (Å²) in [7, 11) is 0. The number of rotatable bonds is 6. The summed E-state index contributed by atoms with van der Waals surface area (Å²) in [5.74, 6) is 1.44. The lowest BCUT2D eigenvalue weighted by Gasteiger charge is -2.06. The first-order chi connectivity index (χ1) is 15.9. The molecule has 0 aliphatic carbocycles. The van der Waals surface area contributed by atoms with Crippen molar-refractivity contribution in [2.24, 2.45) is 0 Å². The summed E-state index contributed by atoms with van der Waals surface area (Å²) in [4.78, 5) is 0. The number of hydrogen-bond donors (Lipinski definition) is 4. The SMILES string of the molecule is Oc1cc(O)cc(/C=C/c2ccc(Oc3ccc(/C=C/c4cc(O)cc(O)c4)cc3)cc2)c1. The van der Waals surface area contributed by atoms with Crippen LogP contribution in [0.15, 0.2) is 84.9 Å². The van der Waals surface area contributed by atoms with E-state index in [2.05, 4.69) is 0 Å². The molecule has 0 radical (unpaired) electrons. The van der Waals surface area contributed by atoms with Crippen LogP contribution in [0.3, 0.4) is 0 Å². The standard InChI is InChI=1S/C28H22O5/c29-23-13-21(14-24(30)17-23)3-1-19-5-9-27(10-6-19)33-28-11-7-20(8-12-28)2-4-22-15-25(31)18-26(32)16-22/h1-18,29-32H/b3-1+,4-2+. The van der Waals surface area contributed by atoms with E-state index < -0.39 is 0 Å². The van der Waals surface area contributed by atoms with Crippen LogP contribution in [0.2, 0.25) is 0 Å².